The summed E-state index contributed by atoms with van der Waals surface area (Å²) in [5, 5.41) is 3.76. The molecule has 2 aromatic carbocycles. The van der Waals surface area contributed by atoms with Gasteiger partial charge in [-0.25, -0.2) is 0 Å². The number of rotatable bonds is 9. The molecule has 7 heteroatoms. The van der Waals surface area contributed by atoms with Crippen LogP contribution < -0.4 is 10.1 Å². The molecule has 0 radical (unpaired) electrons. The van der Waals surface area contributed by atoms with Gasteiger partial charge in [0.15, 0.2) is 0 Å². The smallest absolute Gasteiger partial charge is 0.255 e. The highest BCUT2D eigenvalue weighted by Gasteiger charge is 2.25. The number of para-hydroxylation sites is 1. The van der Waals surface area contributed by atoms with E-state index in [4.69, 9.17) is 25.8 Å². The summed E-state index contributed by atoms with van der Waals surface area (Å²) >= 11 is 6.46. The second kappa shape index (κ2) is 11.2. The lowest BCUT2D eigenvalue weighted by Gasteiger charge is -2.35. The van der Waals surface area contributed by atoms with E-state index in [-0.39, 0.29) is 11.9 Å². The average molecular weight is 419 g/mol. The van der Waals surface area contributed by atoms with Gasteiger partial charge < -0.3 is 19.5 Å². The Balaban J connectivity index is 1.72. The molecule has 1 atom stereocenters. The molecule has 0 aromatic heterocycles. The van der Waals surface area contributed by atoms with Gasteiger partial charge in [0.25, 0.3) is 5.91 Å². The maximum atomic E-state index is 12.9. The Morgan fingerprint density at radius 3 is 2.62 bits per heavy atom. The van der Waals surface area contributed by atoms with Gasteiger partial charge in [-0.2, -0.15) is 0 Å². The minimum atomic E-state index is -0.177. The first kappa shape index (κ1) is 21.6. The van der Waals surface area contributed by atoms with Gasteiger partial charge in [0, 0.05) is 31.8 Å². The molecule has 1 aliphatic rings. The zero-order valence-electron chi connectivity index (χ0n) is 16.6. The summed E-state index contributed by atoms with van der Waals surface area (Å²) in [5.74, 6) is 0.367. The van der Waals surface area contributed by atoms with Crippen LogP contribution in [0.1, 0.15) is 22.0 Å². The third-order valence-electron chi connectivity index (χ3n) is 4.88. The molecule has 29 heavy (non-hydrogen) atoms. The van der Waals surface area contributed by atoms with Crippen molar-refractivity contribution in [3.63, 3.8) is 0 Å². The third-order valence-corrected chi connectivity index (χ3v) is 5.23. The number of nitrogens with one attached hydrogen (secondary N) is 1. The molecule has 3 rings (SSSR count). The van der Waals surface area contributed by atoms with Crippen molar-refractivity contribution < 1.29 is 19.0 Å². The van der Waals surface area contributed by atoms with Crippen LogP contribution in [0.15, 0.2) is 48.5 Å². The summed E-state index contributed by atoms with van der Waals surface area (Å²) in [7, 11) is 1.61. The third kappa shape index (κ3) is 5.93. The molecule has 1 fully saturated rings. The van der Waals surface area contributed by atoms with Crippen LogP contribution >= 0.6 is 11.6 Å². The van der Waals surface area contributed by atoms with Crippen molar-refractivity contribution in [3.05, 3.63) is 64.7 Å². The molecular formula is C22H27ClN2O4. The standard InChI is InChI=1S/C22H27ClN2O4/c1-27-14-15-29-21-9-5-3-7-18(21)22(26)24-16-20(25-10-12-28-13-11-25)17-6-2-4-8-19(17)23/h2-9,20H,10-16H2,1H3,(H,24,26). The molecule has 1 unspecified atom stereocenters. The fraction of sp³-hybridized carbons (Fsp3) is 0.409. The van der Waals surface area contributed by atoms with Crippen molar-refractivity contribution in [3.8, 4) is 5.75 Å². The molecule has 1 N–H and O–H groups in total. The summed E-state index contributed by atoms with van der Waals surface area (Å²) in [6.07, 6.45) is 0. The first-order valence-corrected chi connectivity index (χ1v) is 10.1. The first-order chi connectivity index (χ1) is 14.2. The van der Waals surface area contributed by atoms with Gasteiger partial charge in [0.05, 0.1) is 31.4 Å². The maximum Gasteiger partial charge on any atom is 0.255 e. The van der Waals surface area contributed by atoms with E-state index in [2.05, 4.69) is 10.2 Å². The van der Waals surface area contributed by atoms with Crippen LogP contribution in [0.4, 0.5) is 0 Å². The van der Waals surface area contributed by atoms with Crippen LogP contribution in [-0.4, -0.2) is 64.0 Å². The van der Waals surface area contributed by atoms with Crippen molar-refractivity contribution in [1.82, 2.24) is 10.2 Å². The quantitative estimate of drug-likeness (QED) is 0.634. The van der Waals surface area contributed by atoms with E-state index < -0.39 is 0 Å². The van der Waals surface area contributed by atoms with Gasteiger partial charge >= 0.3 is 0 Å². The Morgan fingerprint density at radius 2 is 1.86 bits per heavy atom. The van der Waals surface area contributed by atoms with Gasteiger partial charge in [0.1, 0.15) is 12.4 Å². The Hall–Kier alpha value is -2.12. The predicted octanol–water partition coefficient (Wildman–Crippen LogP) is 3.17. The molecule has 6 nitrogen and oxygen atoms in total. The minimum Gasteiger partial charge on any atom is -0.490 e. The number of carbonyl (C=O) groups excluding carboxylic acids is 1. The summed E-state index contributed by atoms with van der Waals surface area (Å²) in [4.78, 5) is 15.2. The zero-order chi connectivity index (χ0) is 20.5. The van der Waals surface area contributed by atoms with E-state index in [0.717, 1.165) is 18.7 Å². The van der Waals surface area contributed by atoms with Crippen LogP contribution in [0, 0.1) is 0 Å². The molecule has 0 spiro atoms. The lowest BCUT2D eigenvalue weighted by Crippen LogP contribution is -2.44. The Kier molecular flexibility index (Phi) is 8.31. The number of benzene rings is 2. The van der Waals surface area contributed by atoms with Crippen molar-refractivity contribution in [2.45, 2.75) is 6.04 Å². The molecule has 0 bridgehead atoms. The molecule has 0 saturated carbocycles. The molecule has 156 valence electrons. The number of ether oxygens (including phenoxy) is 3. The molecule has 1 heterocycles. The van der Waals surface area contributed by atoms with Crippen LogP contribution in [0.3, 0.4) is 0 Å². The van der Waals surface area contributed by atoms with E-state index in [1.54, 1.807) is 19.2 Å². The van der Waals surface area contributed by atoms with Gasteiger partial charge in [-0.3, -0.25) is 9.69 Å². The molecular weight excluding hydrogens is 392 g/mol. The fourth-order valence-corrected chi connectivity index (χ4v) is 3.63. The van der Waals surface area contributed by atoms with Gasteiger partial charge in [0.2, 0.25) is 0 Å². The number of hydrogen-bond acceptors (Lipinski definition) is 5. The van der Waals surface area contributed by atoms with E-state index >= 15 is 0 Å². The van der Waals surface area contributed by atoms with E-state index in [9.17, 15) is 4.79 Å². The highest BCUT2D eigenvalue weighted by atomic mass is 35.5. The van der Waals surface area contributed by atoms with E-state index in [1.807, 2.05) is 36.4 Å². The Bertz CT molecular complexity index is 796. The first-order valence-electron chi connectivity index (χ1n) is 9.76. The molecule has 1 saturated heterocycles. The number of amides is 1. The number of halogens is 1. The topological polar surface area (TPSA) is 60.0 Å². The second-order valence-corrected chi connectivity index (χ2v) is 7.14. The SMILES string of the molecule is COCCOc1ccccc1C(=O)NCC(c1ccccc1Cl)N1CCOCC1. The second-order valence-electron chi connectivity index (χ2n) is 6.73. The fourth-order valence-electron chi connectivity index (χ4n) is 3.37. The minimum absolute atomic E-state index is 0.0295. The van der Waals surface area contributed by atoms with Crippen molar-refractivity contribution in [2.24, 2.45) is 0 Å². The summed E-state index contributed by atoms with van der Waals surface area (Å²) in [6, 6.07) is 15.0. The summed E-state index contributed by atoms with van der Waals surface area (Å²) in [5.41, 5.74) is 1.50. The summed E-state index contributed by atoms with van der Waals surface area (Å²) in [6.45, 7) is 4.22. The van der Waals surface area contributed by atoms with Crippen LogP contribution in [0.25, 0.3) is 0 Å². The molecule has 0 aliphatic carbocycles. The Labute approximate surface area is 176 Å². The highest BCUT2D eigenvalue weighted by molar-refractivity contribution is 6.31. The van der Waals surface area contributed by atoms with Crippen molar-refractivity contribution in [2.75, 3.05) is 53.2 Å². The zero-order valence-corrected chi connectivity index (χ0v) is 17.4. The lowest BCUT2D eigenvalue weighted by atomic mass is 10.0. The number of nitrogens with zero attached hydrogens (tertiary/aromatic N) is 1. The Morgan fingerprint density at radius 1 is 1.14 bits per heavy atom. The van der Waals surface area contributed by atoms with Crippen molar-refractivity contribution >= 4 is 17.5 Å². The average Bonchev–Trinajstić information content (AvgIpc) is 2.76. The molecule has 1 aliphatic heterocycles. The van der Waals surface area contributed by atoms with Crippen molar-refractivity contribution in [1.29, 1.82) is 0 Å². The van der Waals surface area contributed by atoms with Gasteiger partial charge in [-0.1, -0.05) is 41.9 Å². The lowest BCUT2D eigenvalue weighted by molar-refractivity contribution is 0.0162. The molecule has 1 amide bonds. The van der Waals surface area contributed by atoms with Gasteiger partial charge in [-0.15, -0.1) is 0 Å². The van der Waals surface area contributed by atoms with Gasteiger partial charge in [-0.05, 0) is 23.8 Å². The number of morpholine rings is 1. The number of carbonyl (C=O) groups is 1. The predicted molar refractivity (Wildman–Crippen MR) is 113 cm³/mol. The summed E-state index contributed by atoms with van der Waals surface area (Å²) < 4.78 is 16.2. The highest BCUT2D eigenvalue weighted by Crippen LogP contribution is 2.28. The maximum absolute atomic E-state index is 12.9. The molecule has 2 aromatic rings. The van der Waals surface area contributed by atoms with E-state index in [1.165, 1.54) is 0 Å². The largest absolute Gasteiger partial charge is 0.490 e. The monoisotopic (exact) mass is 418 g/mol. The number of methoxy groups -OCH3 is 1. The van der Waals surface area contributed by atoms with Crippen LogP contribution in [0.5, 0.6) is 5.75 Å². The van der Waals surface area contributed by atoms with Crippen LogP contribution in [-0.2, 0) is 9.47 Å². The number of hydrogen-bond donors (Lipinski definition) is 1. The normalized spacial score (nSPS) is 15.7. The van der Waals surface area contributed by atoms with E-state index in [0.29, 0.717) is 49.3 Å². The van der Waals surface area contributed by atoms with Crippen LogP contribution in [0.2, 0.25) is 5.02 Å².